The number of nitrogens with one attached hydrogen (secondary N) is 1. The zero-order valence-electron chi connectivity index (χ0n) is 20.7. The smallest absolute Gasteiger partial charge is 0.274 e. The molecule has 0 aliphatic carbocycles. The molecule has 4 rings (SSSR count). The van der Waals surface area contributed by atoms with E-state index in [0.29, 0.717) is 88.8 Å². The van der Waals surface area contributed by atoms with Crippen molar-refractivity contribution in [1.29, 1.82) is 0 Å². The van der Waals surface area contributed by atoms with Crippen LogP contribution in [0.3, 0.4) is 0 Å². The number of benzene rings is 1. The van der Waals surface area contributed by atoms with Gasteiger partial charge in [0.15, 0.2) is 0 Å². The number of amides is 2. The molecule has 2 saturated heterocycles. The average molecular weight is 500 g/mol. The molecule has 2 aliphatic rings. The second-order valence-electron chi connectivity index (χ2n) is 8.57. The lowest BCUT2D eigenvalue weighted by atomic mass is 10.1. The topological polar surface area (TPSA) is 135 Å². The van der Waals surface area contributed by atoms with Crippen LogP contribution in [0.25, 0.3) is 0 Å². The summed E-state index contributed by atoms with van der Waals surface area (Å²) in [7, 11) is 3.52. The summed E-state index contributed by atoms with van der Waals surface area (Å²) in [6.07, 6.45) is 0. The Balaban J connectivity index is 1.59. The largest absolute Gasteiger partial charge is 0.383 e. The highest BCUT2D eigenvalue weighted by Gasteiger charge is 2.22. The molecule has 0 unspecified atom stereocenters. The van der Waals surface area contributed by atoms with Crippen LogP contribution in [0, 0.1) is 0 Å². The molecule has 12 nitrogen and oxygen atoms in total. The number of primary amides is 1. The third kappa shape index (κ3) is 6.20. The molecule has 2 fully saturated rings. The van der Waals surface area contributed by atoms with Gasteiger partial charge in [0.2, 0.25) is 5.95 Å². The molecule has 0 saturated carbocycles. The van der Waals surface area contributed by atoms with Gasteiger partial charge in [0, 0.05) is 64.3 Å². The molecule has 2 aromatic rings. The average Bonchev–Trinajstić information content (AvgIpc) is 2.92. The standard InChI is InChI=1S/C24H33N7O5/c1-29(5-10-34-2)21-16-19(27-24(28-21)31-8-13-36-14-9-31)23(33)26-17-3-4-20(18(15-17)22(25)32)30-6-11-35-12-7-30/h3-4,15-16H,5-14H2,1-2H3,(H2,25,32)(H,26,33). The van der Waals surface area contributed by atoms with Gasteiger partial charge in [0.25, 0.3) is 11.8 Å². The molecule has 36 heavy (non-hydrogen) atoms. The van der Waals surface area contributed by atoms with Gasteiger partial charge in [0.05, 0.1) is 38.6 Å². The quantitative estimate of drug-likeness (QED) is 0.504. The highest BCUT2D eigenvalue weighted by Crippen LogP contribution is 2.26. The predicted molar refractivity (Wildman–Crippen MR) is 136 cm³/mol. The van der Waals surface area contributed by atoms with Gasteiger partial charge < -0.3 is 40.0 Å². The van der Waals surface area contributed by atoms with Gasteiger partial charge in [-0.05, 0) is 18.2 Å². The van der Waals surface area contributed by atoms with Crippen molar-refractivity contribution in [3.63, 3.8) is 0 Å². The van der Waals surface area contributed by atoms with Crippen molar-refractivity contribution in [2.45, 2.75) is 0 Å². The summed E-state index contributed by atoms with van der Waals surface area (Å²) in [6, 6.07) is 6.79. The zero-order valence-corrected chi connectivity index (χ0v) is 20.7. The normalized spacial score (nSPS) is 16.1. The third-order valence-corrected chi connectivity index (χ3v) is 6.12. The molecule has 2 amide bonds. The van der Waals surface area contributed by atoms with E-state index in [9.17, 15) is 9.59 Å². The number of anilines is 4. The van der Waals surface area contributed by atoms with Crippen LogP contribution in [0.2, 0.25) is 0 Å². The van der Waals surface area contributed by atoms with Crippen LogP contribution < -0.4 is 25.8 Å². The monoisotopic (exact) mass is 499 g/mol. The number of carbonyl (C=O) groups excluding carboxylic acids is 2. The van der Waals surface area contributed by atoms with E-state index in [4.69, 9.17) is 19.9 Å². The van der Waals surface area contributed by atoms with Crippen LogP contribution >= 0.6 is 0 Å². The lowest BCUT2D eigenvalue weighted by Gasteiger charge is -2.30. The summed E-state index contributed by atoms with van der Waals surface area (Å²) in [5.41, 5.74) is 7.39. The second kappa shape index (κ2) is 12.0. The number of nitrogens with zero attached hydrogens (tertiary/aromatic N) is 5. The van der Waals surface area contributed by atoms with Crippen molar-refractivity contribution in [2.24, 2.45) is 5.73 Å². The molecule has 0 spiro atoms. The minimum Gasteiger partial charge on any atom is -0.383 e. The Kier molecular flexibility index (Phi) is 8.52. The summed E-state index contributed by atoms with van der Waals surface area (Å²) >= 11 is 0. The van der Waals surface area contributed by atoms with E-state index in [-0.39, 0.29) is 5.69 Å². The van der Waals surface area contributed by atoms with E-state index >= 15 is 0 Å². The van der Waals surface area contributed by atoms with Gasteiger partial charge in [-0.25, -0.2) is 4.98 Å². The van der Waals surface area contributed by atoms with Crippen molar-refractivity contribution in [3.8, 4) is 0 Å². The minimum atomic E-state index is -0.564. The van der Waals surface area contributed by atoms with Crippen LogP contribution in [0.5, 0.6) is 0 Å². The maximum atomic E-state index is 13.3. The molecule has 3 heterocycles. The third-order valence-electron chi connectivity index (χ3n) is 6.12. The molecule has 0 bridgehead atoms. The van der Waals surface area contributed by atoms with Crippen molar-refractivity contribution >= 4 is 35.0 Å². The number of hydrogen-bond donors (Lipinski definition) is 2. The lowest BCUT2D eigenvalue weighted by Crippen LogP contribution is -2.38. The number of methoxy groups -OCH3 is 1. The highest BCUT2D eigenvalue weighted by atomic mass is 16.5. The maximum Gasteiger partial charge on any atom is 0.274 e. The molecule has 1 aromatic heterocycles. The first-order chi connectivity index (χ1) is 17.5. The van der Waals surface area contributed by atoms with Gasteiger partial charge in [-0.15, -0.1) is 0 Å². The molecule has 1 aromatic carbocycles. The molecule has 12 heteroatoms. The van der Waals surface area contributed by atoms with Crippen molar-refractivity contribution in [2.75, 3.05) is 99.9 Å². The first kappa shape index (κ1) is 25.6. The maximum absolute atomic E-state index is 13.3. The number of carbonyl (C=O) groups is 2. The van der Waals surface area contributed by atoms with E-state index in [1.165, 1.54) is 0 Å². The van der Waals surface area contributed by atoms with Gasteiger partial charge in [-0.1, -0.05) is 0 Å². The number of morpholine rings is 2. The second-order valence-corrected chi connectivity index (χ2v) is 8.57. The SMILES string of the molecule is COCCN(C)c1cc(C(=O)Nc2ccc(N3CCOCC3)c(C(N)=O)c2)nc(N2CCOCC2)n1. The summed E-state index contributed by atoms with van der Waals surface area (Å²) in [5.74, 6) is 0.0917. The minimum absolute atomic E-state index is 0.212. The van der Waals surface area contributed by atoms with E-state index in [0.717, 1.165) is 5.69 Å². The van der Waals surface area contributed by atoms with Crippen molar-refractivity contribution < 1.29 is 23.8 Å². The lowest BCUT2D eigenvalue weighted by molar-refractivity contribution is 0.0994. The Hall–Kier alpha value is -3.48. The summed E-state index contributed by atoms with van der Waals surface area (Å²) < 4.78 is 16.0. The fourth-order valence-corrected chi connectivity index (χ4v) is 4.07. The summed E-state index contributed by atoms with van der Waals surface area (Å²) in [6.45, 7) is 6.01. The fourth-order valence-electron chi connectivity index (χ4n) is 4.07. The van der Waals surface area contributed by atoms with Gasteiger partial charge in [-0.2, -0.15) is 4.98 Å². The first-order valence-electron chi connectivity index (χ1n) is 12.0. The Morgan fingerprint density at radius 2 is 1.72 bits per heavy atom. The Morgan fingerprint density at radius 1 is 1.06 bits per heavy atom. The van der Waals surface area contributed by atoms with Gasteiger partial charge in [0.1, 0.15) is 11.5 Å². The highest BCUT2D eigenvalue weighted by molar-refractivity contribution is 6.05. The number of likely N-dealkylation sites (N-methyl/N-ethyl adjacent to an activating group) is 1. The molecule has 2 aliphatic heterocycles. The van der Waals surface area contributed by atoms with E-state index < -0.39 is 11.8 Å². The summed E-state index contributed by atoms with van der Waals surface area (Å²) in [4.78, 5) is 40.6. The van der Waals surface area contributed by atoms with E-state index in [2.05, 4.69) is 20.2 Å². The predicted octanol–water partition coefficient (Wildman–Crippen LogP) is 0.584. The van der Waals surface area contributed by atoms with Crippen LogP contribution in [-0.2, 0) is 14.2 Å². The Morgan fingerprint density at radius 3 is 2.36 bits per heavy atom. The first-order valence-corrected chi connectivity index (χ1v) is 12.0. The van der Waals surface area contributed by atoms with Gasteiger partial charge >= 0.3 is 0 Å². The molecule has 0 atom stereocenters. The number of rotatable bonds is 9. The zero-order chi connectivity index (χ0) is 25.5. The van der Waals surface area contributed by atoms with Crippen molar-refractivity contribution in [3.05, 3.63) is 35.5 Å². The van der Waals surface area contributed by atoms with Crippen LogP contribution in [-0.4, -0.2) is 102 Å². The molecule has 0 radical (unpaired) electrons. The fraction of sp³-hybridized carbons (Fsp3) is 0.500. The summed E-state index contributed by atoms with van der Waals surface area (Å²) in [5, 5.41) is 2.86. The number of aromatic nitrogens is 2. The number of hydrogen-bond acceptors (Lipinski definition) is 10. The van der Waals surface area contributed by atoms with Crippen molar-refractivity contribution in [1.82, 2.24) is 9.97 Å². The number of nitrogens with two attached hydrogens (primary N) is 1. The van der Waals surface area contributed by atoms with Crippen LogP contribution in [0.1, 0.15) is 20.8 Å². The molecule has 194 valence electrons. The van der Waals surface area contributed by atoms with Crippen LogP contribution in [0.15, 0.2) is 24.3 Å². The van der Waals surface area contributed by atoms with Crippen LogP contribution in [0.4, 0.5) is 23.1 Å². The molecular formula is C24H33N7O5. The Labute approximate surface area is 210 Å². The van der Waals surface area contributed by atoms with E-state index in [1.54, 1.807) is 31.4 Å². The van der Waals surface area contributed by atoms with Gasteiger partial charge in [-0.3, -0.25) is 9.59 Å². The van der Waals surface area contributed by atoms with E-state index in [1.807, 2.05) is 16.8 Å². The Bertz CT molecular complexity index is 1070. The molecule has 3 N–H and O–H groups in total. The number of ether oxygens (including phenoxy) is 3. The molecular weight excluding hydrogens is 466 g/mol.